The second-order valence-electron chi connectivity index (χ2n) is 3.45. The van der Waals surface area contributed by atoms with E-state index < -0.39 is 0 Å². The molecule has 6 heteroatoms. The molecule has 0 saturated carbocycles. The molecule has 0 aromatic carbocycles. The van der Waals surface area contributed by atoms with E-state index in [0.29, 0.717) is 26.1 Å². The molecule has 0 aromatic heterocycles. The molecule has 0 aliphatic rings. The molecular formula is C10H21ClN2O3. The van der Waals surface area contributed by atoms with Gasteiger partial charge in [-0.2, -0.15) is 0 Å². The van der Waals surface area contributed by atoms with E-state index in [9.17, 15) is 9.59 Å². The minimum atomic E-state index is -0.215. The van der Waals surface area contributed by atoms with Crippen LogP contribution in [-0.2, 0) is 14.3 Å². The number of hydrogen-bond acceptors (Lipinski definition) is 4. The van der Waals surface area contributed by atoms with Crippen LogP contribution in [0.2, 0.25) is 0 Å². The van der Waals surface area contributed by atoms with Gasteiger partial charge in [0, 0.05) is 13.0 Å². The van der Waals surface area contributed by atoms with Gasteiger partial charge in [0.05, 0.1) is 13.2 Å². The predicted octanol–water partition coefficient (Wildman–Crippen LogP) is 0.333. The third kappa shape index (κ3) is 9.73. The van der Waals surface area contributed by atoms with E-state index in [2.05, 4.69) is 10.6 Å². The van der Waals surface area contributed by atoms with Crippen molar-refractivity contribution in [3.8, 4) is 0 Å². The number of ether oxygens (including phenoxy) is 1. The van der Waals surface area contributed by atoms with Crippen molar-refractivity contribution in [1.82, 2.24) is 10.6 Å². The van der Waals surface area contributed by atoms with Crippen molar-refractivity contribution in [3.63, 3.8) is 0 Å². The lowest BCUT2D eigenvalue weighted by atomic mass is 10.1. The van der Waals surface area contributed by atoms with E-state index in [1.54, 1.807) is 14.0 Å². The smallest absolute Gasteiger partial charge is 0.306 e. The number of carbonyl (C=O) groups excluding carboxylic acids is 2. The second kappa shape index (κ2) is 10.7. The molecule has 0 rings (SSSR count). The molecule has 0 aromatic rings. The van der Waals surface area contributed by atoms with Gasteiger partial charge in [-0.05, 0) is 19.9 Å². The average Bonchev–Trinajstić information content (AvgIpc) is 2.15. The van der Waals surface area contributed by atoms with Crippen LogP contribution in [0.15, 0.2) is 0 Å². The minimum absolute atomic E-state index is 0. The first kappa shape index (κ1) is 17.6. The maximum Gasteiger partial charge on any atom is 0.306 e. The summed E-state index contributed by atoms with van der Waals surface area (Å²) in [5.74, 6) is -0.175. The number of amides is 1. The fourth-order valence-electron chi connectivity index (χ4n) is 1.09. The van der Waals surface area contributed by atoms with Gasteiger partial charge in [-0.25, -0.2) is 0 Å². The molecule has 1 unspecified atom stereocenters. The van der Waals surface area contributed by atoms with Crippen molar-refractivity contribution >= 4 is 24.3 Å². The lowest BCUT2D eigenvalue weighted by molar-refractivity contribution is -0.144. The molecule has 0 radical (unpaired) electrons. The molecule has 0 fully saturated rings. The Kier molecular flexibility index (Phi) is 11.8. The van der Waals surface area contributed by atoms with Crippen LogP contribution in [0.3, 0.4) is 0 Å². The second-order valence-corrected chi connectivity index (χ2v) is 3.45. The Morgan fingerprint density at radius 1 is 1.38 bits per heavy atom. The number of carbonyl (C=O) groups is 2. The fourth-order valence-corrected chi connectivity index (χ4v) is 1.09. The first-order chi connectivity index (χ1) is 7.10. The van der Waals surface area contributed by atoms with Gasteiger partial charge in [-0.3, -0.25) is 9.59 Å². The lowest BCUT2D eigenvalue weighted by Gasteiger charge is -2.11. The monoisotopic (exact) mass is 252 g/mol. The van der Waals surface area contributed by atoms with E-state index in [0.717, 1.165) is 0 Å². The quantitative estimate of drug-likeness (QED) is 0.641. The molecule has 1 atom stereocenters. The van der Waals surface area contributed by atoms with Gasteiger partial charge in [0.2, 0.25) is 5.91 Å². The highest BCUT2D eigenvalue weighted by molar-refractivity contribution is 5.85. The van der Waals surface area contributed by atoms with Crippen LogP contribution in [0.4, 0.5) is 0 Å². The molecule has 1 amide bonds. The Labute approximate surface area is 103 Å². The Morgan fingerprint density at radius 2 is 2.00 bits per heavy atom. The van der Waals surface area contributed by atoms with Gasteiger partial charge >= 0.3 is 5.97 Å². The number of halogens is 1. The molecular weight excluding hydrogens is 232 g/mol. The first-order valence-corrected chi connectivity index (χ1v) is 5.17. The van der Waals surface area contributed by atoms with E-state index in [1.165, 1.54) is 0 Å². The summed E-state index contributed by atoms with van der Waals surface area (Å²) in [6.07, 6.45) is 0.341. The van der Waals surface area contributed by atoms with Crippen molar-refractivity contribution in [2.45, 2.75) is 20.3 Å². The summed E-state index contributed by atoms with van der Waals surface area (Å²) in [5, 5.41) is 5.47. The Balaban J connectivity index is 0. The lowest BCUT2D eigenvalue weighted by Crippen LogP contribution is -2.35. The van der Waals surface area contributed by atoms with Crippen LogP contribution < -0.4 is 10.6 Å². The first-order valence-electron chi connectivity index (χ1n) is 5.17. The summed E-state index contributed by atoms with van der Waals surface area (Å²) in [6.45, 7) is 4.87. The van der Waals surface area contributed by atoms with Crippen LogP contribution >= 0.6 is 12.4 Å². The van der Waals surface area contributed by atoms with Gasteiger partial charge in [0.1, 0.15) is 0 Å². The molecule has 5 nitrogen and oxygen atoms in total. The third-order valence-electron chi connectivity index (χ3n) is 1.81. The van der Waals surface area contributed by atoms with Crippen molar-refractivity contribution in [2.75, 3.05) is 26.7 Å². The number of rotatable bonds is 7. The number of nitrogens with one attached hydrogen (secondary N) is 2. The molecule has 96 valence electrons. The van der Waals surface area contributed by atoms with Gasteiger partial charge in [-0.1, -0.05) is 6.92 Å². The number of esters is 1. The van der Waals surface area contributed by atoms with Crippen LogP contribution in [0.5, 0.6) is 0 Å². The normalized spacial score (nSPS) is 11.2. The maximum atomic E-state index is 11.1. The largest absolute Gasteiger partial charge is 0.466 e. The summed E-state index contributed by atoms with van der Waals surface area (Å²) >= 11 is 0. The number of hydrogen-bond donors (Lipinski definition) is 2. The maximum absolute atomic E-state index is 11.1. The SMILES string of the molecule is CCOC(=O)CC(C)CNC(=O)CNC.Cl. The summed E-state index contributed by atoms with van der Waals surface area (Å²) < 4.78 is 4.80. The highest BCUT2D eigenvalue weighted by atomic mass is 35.5. The summed E-state index contributed by atoms with van der Waals surface area (Å²) in [4.78, 5) is 22.1. The highest BCUT2D eigenvalue weighted by Crippen LogP contribution is 2.01. The van der Waals surface area contributed by atoms with Crippen LogP contribution in [-0.4, -0.2) is 38.6 Å². The molecule has 0 bridgehead atoms. The van der Waals surface area contributed by atoms with Crippen molar-refractivity contribution in [1.29, 1.82) is 0 Å². The number of likely N-dealkylation sites (N-methyl/N-ethyl adjacent to an activating group) is 1. The van der Waals surface area contributed by atoms with Crippen molar-refractivity contribution in [2.24, 2.45) is 5.92 Å². The molecule has 0 saturated heterocycles. The van der Waals surface area contributed by atoms with Gasteiger partial charge in [-0.15, -0.1) is 12.4 Å². The molecule has 2 N–H and O–H groups in total. The summed E-state index contributed by atoms with van der Waals surface area (Å²) in [6, 6.07) is 0. The van der Waals surface area contributed by atoms with Gasteiger partial charge < -0.3 is 15.4 Å². The van der Waals surface area contributed by atoms with E-state index >= 15 is 0 Å². The van der Waals surface area contributed by atoms with Crippen molar-refractivity contribution in [3.05, 3.63) is 0 Å². The van der Waals surface area contributed by atoms with Crippen LogP contribution in [0.1, 0.15) is 20.3 Å². The topological polar surface area (TPSA) is 67.4 Å². The highest BCUT2D eigenvalue weighted by Gasteiger charge is 2.10. The average molecular weight is 253 g/mol. The molecule has 16 heavy (non-hydrogen) atoms. The van der Waals surface area contributed by atoms with E-state index in [-0.39, 0.29) is 30.2 Å². The fraction of sp³-hybridized carbons (Fsp3) is 0.800. The summed E-state index contributed by atoms with van der Waals surface area (Å²) in [5.41, 5.74) is 0. The zero-order valence-electron chi connectivity index (χ0n) is 10.0. The Hall–Kier alpha value is -0.810. The summed E-state index contributed by atoms with van der Waals surface area (Å²) in [7, 11) is 1.71. The minimum Gasteiger partial charge on any atom is -0.466 e. The molecule has 0 spiro atoms. The van der Waals surface area contributed by atoms with Crippen LogP contribution in [0.25, 0.3) is 0 Å². The Bertz CT molecular complexity index is 212. The van der Waals surface area contributed by atoms with E-state index in [4.69, 9.17) is 4.74 Å². The zero-order chi connectivity index (χ0) is 11.7. The standard InChI is InChI=1S/C10H20N2O3.ClH/c1-4-15-10(14)5-8(2)6-12-9(13)7-11-3;/h8,11H,4-7H2,1-3H3,(H,12,13);1H. The molecule has 0 aliphatic heterocycles. The zero-order valence-corrected chi connectivity index (χ0v) is 10.9. The van der Waals surface area contributed by atoms with Crippen molar-refractivity contribution < 1.29 is 14.3 Å². The van der Waals surface area contributed by atoms with Gasteiger partial charge in [0.15, 0.2) is 0 Å². The van der Waals surface area contributed by atoms with E-state index in [1.807, 2.05) is 6.92 Å². The van der Waals surface area contributed by atoms with Crippen LogP contribution in [0, 0.1) is 5.92 Å². The predicted molar refractivity (Wildman–Crippen MR) is 64.6 cm³/mol. The third-order valence-corrected chi connectivity index (χ3v) is 1.81. The van der Waals surface area contributed by atoms with Gasteiger partial charge in [0.25, 0.3) is 0 Å². The molecule has 0 heterocycles. The molecule has 0 aliphatic carbocycles. The Morgan fingerprint density at radius 3 is 2.50 bits per heavy atom.